The van der Waals surface area contributed by atoms with Crippen LogP contribution in [0.1, 0.15) is 62.6 Å². The summed E-state index contributed by atoms with van der Waals surface area (Å²) in [6, 6.07) is 0.0750. The van der Waals surface area contributed by atoms with E-state index < -0.39 is 0 Å². The van der Waals surface area contributed by atoms with Gasteiger partial charge in [0, 0.05) is 32.7 Å². The minimum absolute atomic E-state index is 0.0170. The lowest BCUT2D eigenvalue weighted by molar-refractivity contribution is 0.103. The lowest BCUT2D eigenvalue weighted by atomic mass is 10.0. The van der Waals surface area contributed by atoms with Gasteiger partial charge >= 0.3 is 6.03 Å². The van der Waals surface area contributed by atoms with Gasteiger partial charge in [-0.1, -0.05) is 0 Å². The van der Waals surface area contributed by atoms with Gasteiger partial charge in [0.2, 0.25) is 0 Å². The molecule has 0 aromatic carbocycles. The smallest absolute Gasteiger partial charge is 0.318 e. The van der Waals surface area contributed by atoms with E-state index in [1.165, 1.54) is 12.8 Å². The first-order chi connectivity index (χ1) is 11.8. The van der Waals surface area contributed by atoms with Crippen LogP contribution in [0.3, 0.4) is 0 Å². The van der Waals surface area contributed by atoms with Crippen molar-refractivity contribution >= 4 is 6.03 Å². The minimum Gasteiger partial charge on any atom is -0.376 e. The quantitative estimate of drug-likeness (QED) is 0.919. The molecule has 0 unspecified atom stereocenters. The number of urea groups is 1. The highest BCUT2D eigenvalue weighted by molar-refractivity contribution is 5.74. The molecule has 0 saturated carbocycles. The molecule has 2 saturated heterocycles. The van der Waals surface area contributed by atoms with Gasteiger partial charge in [-0.25, -0.2) is 4.79 Å². The second-order valence-corrected chi connectivity index (χ2v) is 7.11. The molecular weight excluding hydrogens is 306 g/mol. The Kier molecular flexibility index (Phi) is 4.69. The van der Waals surface area contributed by atoms with Crippen LogP contribution in [-0.4, -0.2) is 51.5 Å². The zero-order chi connectivity index (χ0) is 16.4. The SMILES string of the molecule is O=C(NC[C@@H]1CCCO1)N1CCCC[C@H]1c1nnc2n1CCCC2. The molecular formula is C17H27N5O2. The molecule has 2 fully saturated rings. The van der Waals surface area contributed by atoms with E-state index in [1.54, 1.807) is 0 Å². The molecule has 1 N–H and O–H groups in total. The van der Waals surface area contributed by atoms with Crippen molar-refractivity contribution < 1.29 is 9.53 Å². The predicted molar refractivity (Wildman–Crippen MR) is 88.6 cm³/mol. The van der Waals surface area contributed by atoms with Crippen LogP contribution in [0.5, 0.6) is 0 Å². The van der Waals surface area contributed by atoms with Crippen LogP contribution in [0.4, 0.5) is 4.79 Å². The summed E-state index contributed by atoms with van der Waals surface area (Å²) in [5.74, 6) is 2.07. The van der Waals surface area contributed by atoms with Crippen molar-refractivity contribution in [3.05, 3.63) is 11.6 Å². The van der Waals surface area contributed by atoms with Crippen LogP contribution in [0, 0.1) is 0 Å². The van der Waals surface area contributed by atoms with Gasteiger partial charge in [-0.15, -0.1) is 10.2 Å². The van der Waals surface area contributed by atoms with E-state index in [0.717, 1.165) is 69.9 Å². The number of aromatic nitrogens is 3. The third-order valence-electron chi connectivity index (χ3n) is 5.45. The van der Waals surface area contributed by atoms with Crippen molar-refractivity contribution in [2.75, 3.05) is 19.7 Å². The summed E-state index contributed by atoms with van der Waals surface area (Å²) in [5, 5.41) is 11.9. The van der Waals surface area contributed by atoms with E-state index in [0.29, 0.717) is 6.54 Å². The van der Waals surface area contributed by atoms with Gasteiger partial charge in [-0.3, -0.25) is 0 Å². The molecule has 3 aliphatic rings. The van der Waals surface area contributed by atoms with E-state index >= 15 is 0 Å². The molecule has 0 bridgehead atoms. The third-order valence-corrected chi connectivity index (χ3v) is 5.45. The number of likely N-dealkylation sites (tertiary alicyclic amines) is 1. The number of aryl methyl sites for hydroxylation is 1. The van der Waals surface area contributed by atoms with Crippen LogP contribution < -0.4 is 5.32 Å². The molecule has 0 radical (unpaired) electrons. The van der Waals surface area contributed by atoms with Crippen molar-refractivity contribution in [2.24, 2.45) is 0 Å². The average Bonchev–Trinajstić information content (AvgIpc) is 3.29. The lowest BCUT2D eigenvalue weighted by Crippen LogP contribution is -2.47. The summed E-state index contributed by atoms with van der Waals surface area (Å²) in [7, 11) is 0. The first-order valence-electron chi connectivity index (χ1n) is 9.41. The van der Waals surface area contributed by atoms with E-state index in [1.807, 2.05) is 4.90 Å². The van der Waals surface area contributed by atoms with E-state index in [4.69, 9.17) is 4.74 Å². The fraction of sp³-hybridized carbons (Fsp3) is 0.824. The number of carbonyl (C=O) groups is 1. The second kappa shape index (κ2) is 7.09. The van der Waals surface area contributed by atoms with Gasteiger partial charge in [0.25, 0.3) is 0 Å². The Morgan fingerprint density at radius 1 is 1.12 bits per heavy atom. The molecule has 132 valence electrons. The van der Waals surface area contributed by atoms with Crippen LogP contribution in [-0.2, 0) is 17.7 Å². The van der Waals surface area contributed by atoms with Gasteiger partial charge in [-0.2, -0.15) is 0 Å². The Morgan fingerprint density at radius 3 is 2.92 bits per heavy atom. The standard InChI is InChI=1S/C17H27N5O2/c23-17(18-12-13-6-5-11-24-13)21-9-3-1-7-14(21)16-20-19-15-8-2-4-10-22(15)16/h13-14H,1-12H2,(H,18,23)/t13-,14-/m0/s1. The Labute approximate surface area is 142 Å². The number of ether oxygens (including phenoxy) is 1. The van der Waals surface area contributed by atoms with Crippen molar-refractivity contribution in [1.29, 1.82) is 0 Å². The lowest BCUT2D eigenvalue weighted by Gasteiger charge is -2.35. The van der Waals surface area contributed by atoms with Crippen molar-refractivity contribution in [3.63, 3.8) is 0 Å². The third kappa shape index (κ3) is 3.14. The Balaban J connectivity index is 1.46. The molecule has 2 atom stereocenters. The molecule has 2 amide bonds. The molecule has 7 heteroatoms. The maximum Gasteiger partial charge on any atom is 0.318 e. The van der Waals surface area contributed by atoms with Gasteiger partial charge in [0.15, 0.2) is 5.82 Å². The molecule has 24 heavy (non-hydrogen) atoms. The van der Waals surface area contributed by atoms with Crippen molar-refractivity contribution in [1.82, 2.24) is 25.0 Å². The summed E-state index contributed by atoms with van der Waals surface area (Å²) in [5.41, 5.74) is 0. The maximum absolute atomic E-state index is 12.7. The van der Waals surface area contributed by atoms with Crippen molar-refractivity contribution in [2.45, 2.75) is 70.1 Å². The highest BCUT2D eigenvalue weighted by Gasteiger charge is 2.33. The molecule has 4 rings (SSSR count). The summed E-state index contributed by atoms with van der Waals surface area (Å²) in [4.78, 5) is 14.7. The van der Waals surface area contributed by atoms with Crippen LogP contribution in [0.15, 0.2) is 0 Å². The predicted octanol–water partition coefficient (Wildman–Crippen LogP) is 2.03. The summed E-state index contributed by atoms with van der Waals surface area (Å²) in [6.45, 7) is 3.21. The van der Waals surface area contributed by atoms with E-state index in [-0.39, 0.29) is 18.2 Å². The first-order valence-corrected chi connectivity index (χ1v) is 9.41. The average molecular weight is 333 g/mol. The highest BCUT2D eigenvalue weighted by atomic mass is 16.5. The highest BCUT2D eigenvalue weighted by Crippen LogP contribution is 2.31. The number of nitrogens with zero attached hydrogens (tertiary/aromatic N) is 4. The topological polar surface area (TPSA) is 72.3 Å². The summed E-state index contributed by atoms with van der Waals surface area (Å²) < 4.78 is 7.85. The van der Waals surface area contributed by atoms with Gasteiger partial charge in [-0.05, 0) is 44.9 Å². The number of fused-ring (bicyclic) bond motifs is 1. The monoisotopic (exact) mass is 333 g/mol. The van der Waals surface area contributed by atoms with Crippen LogP contribution >= 0.6 is 0 Å². The van der Waals surface area contributed by atoms with Gasteiger partial charge < -0.3 is 19.5 Å². The number of rotatable bonds is 3. The van der Waals surface area contributed by atoms with Crippen LogP contribution in [0.25, 0.3) is 0 Å². The van der Waals surface area contributed by atoms with Crippen LogP contribution in [0.2, 0.25) is 0 Å². The largest absolute Gasteiger partial charge is 0.376 e. The van der Waals surface area contributed by atoms with Crippen molar-refractivity contribution in [3.8, 4) is 0 Å². The fourth-order valence-corrected chi connectivity index (χ4v) is 4.13. The van der Waals surface area contributed by atoms with E-state index in [2.05, 4.69) is 20.1 Å². The van der Waals surface area contributed by atoms with E-state index in [9.17, 15) is 4.79 Å². The first kappa shape index (κ1) is 15.9. The molecule has 7 nitrogen and oxygen atoms in total. The number of piperidine rings is 1. The maximum atomic E-state index is 12.7. The molecule has 0 spiro atoms. The normalized spacial score (nSPS) is 27.1. The number of hydrogen-bond donors (Lipinski definition) is 1. The molecule has 1 aromatic rings. The number of carbonyl (C=O) groups excluding carboxylic acids is 1. The fourth-order valence-electron chi connectivity index (χ4n) is 4.13. The molecule has 1 aromatic heterocycles. The zero-order valence-electron chi connectivity index (χ0n) is 14.2. The Hall–Kier alpha value is -1.63. The second-order valence-electron chi connectivity index (χ2n) is 7.11. The molecule has 4 heterocycles. The molecule has 0 aliphatic carbocycles. The summed E-state index contributed by atoms with van der Waals surface area (Å²) in [6.07, 6.45) is 8.87. The molecule has 3 aliphatic heterocycles. The van der Waals surface area contributed by atoms with Gasteiger partial charge in [0.1, 0.15) is 5.82 Å². The summed E-state index contributed by atoms with van der Waals surface area (Å²) >= 11 is 0. The number of nitrogens with one attached hydrogen (secondary N) is 1. The zero-order valence-corrected chi connectivity index (χ0v) is 14.2. The number of hydrogen-bond acceptors (Lipinski definition) is 4. The Bertz CT molecular complexity index is 582. The van der Waals surface area contributed by atoms with Gasteiger partial charge in [0.05, 0.1) is 12.1 Å². The number of amides is 2. The Morgan fingerprint density at radius 2 is 2.04 bits per heavy atom. The minimum atomic E-state index is 0.0170.